The first-order valence-electron chi connectivity index (χ1n) is 8.92. The Hall–Kier alpha value is -0.410. The number of guanidine groups is 1. The summed E-state index contributed by atoms with van der Waals surface area (Å²) in [5.41, 5.74) is 1.24. The highest BCUT2D eigenvalue weighted by atomic mass is 127. The van der Waals surface area contributed by atoms with Crippen LogP contribution in [0.5, 0.6) is 0 Å². The summed E-state index contributed by atoms with van der Waals surface area (Å²) in [6.07, 6.45) is 2.68. The van der Waals surface area contributed by atoms with Crippen LogP contribution < -0.4 is 5.32 Å². The molecule has 0 spiro atoms. The Morgan fingerprint density at radius 1 is 1.44 bits per heavy atom. The first kappa shape index (κ1) is 22.6. The molecule has 1 aliphatic rings. The lowest BCUT2D eigenvalue weighted by atomic mass is 9.93. The normalized spacial score (nSPS) is 15.0. The first-order valence-corrected chi connectivity index (χ1v) is 9.80. The third-order valence-corrected chi connectivity index (χ3v) is 4.84. The maximum Gasteiger partial charge on any atom is 0.194 e. The van der Waals surface area contributed by atoms with E-state index in [-0.39, 0.29) is 29.4 Å². The minimum Gasteiger partial charge on any atom is -0.379 e. The molecular formula is C18H33IN4OS. The number of halogens is 1. The maximum absolute atomic E-state index is 5.73. The van der Waals surface area contributed by atoms with Gasteiger partial charge in [0.05, 0.1) is 18.8 Å². The molecule has 0 amide bonds. The molecule has 25 heavy (non-hydrogen) atoms. The molecule has 0 aromatic carbocycles. The van der Waals surface area contributed by atoms with Gasteiger partial charge in [-0.05, 0) is 25.7 Å². The number of rotatable bonds is 8. The Kier molecular flexibility index (Phi) is 9.66. The van der Waals surface area contributed by atoms with E-state index in [1.165, 1.54) is 12.8 Å². The molecule has 1 aromatic heterocycles. The van der Waals surface area contributed by atoms with Gasteiger partial charge in [0, 0.05) is 37.5 Å². The van der Waals surface area contributed by atoms with Crippen LogP contribution in [-0.2, 0) is 16.7 Å². The lowest BCUT2D eigenvalue weighted by molar-refractivity contribution is 0.115. The van der Waals surface area contributed by atoms with Crippen molar-refractivity contribution in [3.63, 3.8) is 0 Å². The summed E-state index contributed by atoms with van der Waals surface area (Å²) in [5.74, 6) is 1.74. The number of ether oxygens (including phenoxy) is 1. The van der Waals surface area contributed by atoms with Crippen LogP contribution in [0.25, 0.3) is 0 Å². The minimum absolute atomic E-state index is 0. The number of likely N-dealkylation sites (N-methyl/N-ethyl adjacent to an activating group) is 1. The van der Waals surface area contributed by atoms with Gasteiger partial charge in [0.15, 0.2) is 5.96 Å². The summed E-state index contributed by atoms with van der Waals surface area (Å²) >= 11 is 1.69. The predicted octanol–water partition coefficient (Wildman–Crippen LogP) is 3.88. The second-order valence-electron chi connectivity index (χ2n) is 7.49. The number of nitrogens with zero attached hydrogens (tertiary/aromatic N) is 3. The van der Waals surface area contributed by atoms with Crippen LogP contribution in [0.3, 0.4) is 0 Å². The summed E-state index contributed by atoms with van der Waals surface area (Å²) in [6.45, 7) is 12.7. The van der Waals surface area contributed by atoms with Crippen molar-refractivity contribution in [3.05, 3.63) is 16.1 Å². The highest BCUT2D eigenvalue weighted by molar-refractivity contribution is 14.0. The molecule has 1 N–H and O–H groups in total. The summed E-state index contributed by atoms with van der Waals surface area (Å²) in [6, 6.07) is 0. The summed E-state index contributed by atoms with van der Waals surface area (Å²) < 4.78 is 5.73. The van der Waals surface area contributed by atoms with E-state index in [0.29, 0.717) is 6.54 Å². The highest BCUT2D eigenvalue weighted by Crippen LogP contribution is 2.28. The quantitative estimate of drug-likeness (QED) is 0.266. The van der Waals surface area contributed by atoms with E-state index in [9.17, 15) is 0 Å². The fourth-order valence-corrected chi connectivity index (χ4v) is 3.13. The van der Waals surface area contributed by atoms with Crippen LogP contribution in [0, 0.1) is 5.92 Å². The Balaban J connectivity index is 0.00000312. The number of thiazole rings is 1. The Morgan fingerprint density at radius 3 is 2.72 bits per heavy atom. The van der Waals surface area contributed by atoms with Crippen LogP contribution in [0.15, 0.2) is 10.4 Å². The molecule has 1 saturated carbocycles. The molecule has 0 radical (unpaired) electrons. The maximum atomic E-state index is 5.73. The third kappa shape index (κ3) is 8.21. The van der Waals surface area contributed by atoms with Gasteiger partial charge < -0.3 is 15.0 Å². The number of hydrogen-bond acceptors (Lipinski definition) is 4. The largest absolute Gasteiger partial charge is 0.379 e. The van der Waals surface area contributed by atoms with Crippen LogP contribution in [0.2, 0.25) is 0 Å². The van der Waals surface area contributed by atoms with Gasteiger partial charge in [0.1, 0.15) is 5.01 Å². The molecule has 0 atom stereocenters. The Morgan fingerprint density at radius 2 is 2.16 bits per heavy atom. The van der Waals surface area contributed by atoms with Crippen LogP contribution >= 0.6 is 35.3 Å². The van der Waals surface area contributed by atoms with Gasteiger partial charge in [-0.15, -0.1) is 35.3 Å². The smallest absolute Gasteiger partial charge is 0.194 e. The van der Waals surface area contributed by atoms with E-state index in [0.717, 1.165) is 48.9 Å². The van der Waals surface area contributed by atoms with Gasteiger partial charge in [-0.1, -0.05) is 20.8 Å². The zero-order chi connectivity index (χ0) is 17.6. The summed E-state index contributed by atoms with van der Waals surface area (Å²) in [4.78, 5) is 11.6. The highest BCUT2D eigenvalue weighted by Gasteiger charge is 2.21. The average molecular weight is 480 g/mol. The van der Waals surface area contributed by atoms with Crippen molar-refractivity contribution < 1.29 is 4.74 Å². The topological polar surface area (TPSA) is 49.8 Å². The first-order chi connectivity index (χ1) is 11.4. The second-order valence-corrected chi connectivity index (χ2v) is 8.43. The zero-order valence-electron chi connectivity index (χ0n) is 16.2. The van der Waals surface area contributed by atoms with E-state index >= 15 is 0 Å². The lowest BCUT2D eigenvalue weighted by Crippen LogP contribution is -2.40. The monoisotopic (exact) mass is 480 g/mol. The Labute approximate surface area is 173 Å². The molecule has 0 saturated heterocycles. The predicted molar refractivity (Wildman–Crippen MR) is 117 cm³/mol. The van der Waals surface area contributed by atoms with Gasteiger partial charge in [0.2, 0.25) is 0 Å². The molecule has 5 nitrogen and oxygen atoms in total. The molecule has 0 unspecified atom stereocenters. The molecule has 2 rings (SSSR count). The van der Waals surface area contributed by atoms with Crippen LogP contribution in [-0.4, -0.2) is 49.2 Å². The molecule has 7 heteroatoms. The fourth-order valence-electron chi connectivity index (χ4n) is 2.18. The molecule has 1 aromatic rings. The van der Waals surface area contributed by atoms with Crippen molar-refractivity contribution in [2.24, 2.45) is 10.9 Å². The van der Waals surface area contributed by atoms with Crippen LogP contribution in [0.4, 0.5) is 0 Å². The fraction of sp³-hybridized carbons (Fsp3) is 0.778. The SMILES string of the molecule is CCNC(=NCc1nc(C(C)(C)C)cs1)N(C)CCOCC1CC1.I. The van der Waals surface area contributed by atoms with E-state index < -0.39 is 0 Å². The number of aromatic nitrogens is 1. The summed E-state index contributed by atoms with van der Waals surface area (Å²) in [5, 5.41) is 6.56. The van der Waals surface area contributed by atoms with E-state index in [1.54, 1.807) is 11.3 Å². The van der Waals surface area contributed by atoms with Crippen molar-refractivity contribution >= 4 is 41.3 Å². The van der Waals surface area contributed by atoms with Crippen molar-refractivity contribution in [1.82, 2.24) is 15.2 Å². The van der Waals surface area contributed by atoms with Gasteiger partial charge in [0.25, 0.3) is 0 Å². The second kappa shape index (κ2) is 10.7. The molecule has 1 fully saturated rings. The molecule has 1 aliphatic carbocycles. The van der Waals surface area contributed by atoms with E-state index in [1.807, 2.05) is 0 Å². The number of hydrogen-bond donors (Lipinski definition) is 1. The molecule has 0 bridgehead atoms. The number of aliphatic imine (C=N–C) groups is 1. The molecule has 1 heterocycles. The van der Waals surface area contributed by atoms with E-state index in [4.69, 9.17) is 14.7 Å². The van der Waals surface area contributed by atoms with Gasteiger partial charge in [-0.2, -0.15) is 0 Å². The van der Waals surface area contributed by atoms with Crippen molar-refractivity contribution in [2.45, 2.75) is 52.5 Å². The van der Waals surface area contributed by atoms with Crippen molar-refractivity contribution in [1.29, 1.82) is 0 Å². The average Bonchev–Trinajstić information content (AvgIpc) is 3.21. The minimum atomic E-state index is 0. The Bertz CT molecular complexity index is 537. The van der Waals surface area contributed by atoms with E-state index in [2.05, 4.69) is 50.3 Å². The molecule has 144 valence electrons. The summed E-state index contributed by atoms with van der Waals surface area (Å²) in [7, 11) is 2.06. The van der Waals surface area contributed by atoms with Crippen molar-refractivity contribution in [3.8, 4) is 0 Å². The van der Waals surface area contributed by atoms with Gasteiger partial charge in [-0.3, -0.25) is 0 Å². The zero-order valence-corrected chi connectivity index (χ0v) is 19.3. The lowest BCUT2D eigenvalue weighted by Gasteiger charge is -2.21. The van der Waals surface area contributed by atoms with Crippen LogP contribution in [0.1, 0.15) is 51.2 Å². The third-order valence-electron chi connectivity index (χ3n) is 4.00. The molecular weight excluding hydrogens is 447 g/mol. The molecule has 0 aliphatic heterocycles. The van der Waals surface area contributed by atoms with Gasteiger partial charge >= 0.3 is 0 Å². The number of nitrogens with one attached hydrogen (secondary N) is 1. The standard InChI is InChI=1S/C18H32N4OS.HI/c1-6-19-17(22(5)9-10-23-12-14-7-8-14)20-11-16-21-15(13-24-16)18(2,3)4;/h13-14H,6-12H2,1-5H3,(H,19,20);1H. The van der Waals surface area contributed by atoms with Gasteiger partial charge in [-0.25, -0.2) is 9.98 Å². The van der Waals surface area contributed by atoms with Crippen molar-refractivity contribution in [2.75, 3.05) is 33.4 Å².